The molecule has 1 N–H and O–H groups in total. The number of nitrogens with one attached hydrogen (secondary N) is 1. The Morgan fingerprint density at radius 2 is 1.89 bits per heavy atom. The normalized spacial score (nSPS) is 19.1. The number of hydrogen-bond donors (Lipinski definition) is 1. The first-order chi connectivity index (χ1) is 18.1. The quantitative estimate of drug-likeness (QED) is 0.378. The molecule has 3 aromatic heterocycles. The minimum absolute atomic E-state index is 0.132. The van der Waals surface area contributed by atoms with E-state index in [4.69, 9.17) is 9.72 Å². The second-order valence-corrected chi connectivity index (χ2v) is 11.9. The van der Waals surface area contributed by atoms with E-state index in [0.717, 1.165) is 41.5 Å². The zero-order valence-electron chi connectivity index (χ0n) is 22.4. The highest BCUT2D eigenvalue weighted by atomic mass is 16.6. The third-order valence-corrected chi connectivity index (χ3v) is 7.88. The Kier molecular flexibility index (Phi) is 5.70. The van der Waals surface area contributed by atoms with Crippen LogP contribution in [0.15, 0.2) is 48.9 Å². The van der Waals surface area contributed by atoms with E-state index in [1.807, 2.05) is 73.8 Å². The van der Waals surface area contributed by atoms with Gasteiger partial charge in [0.05, 0.1) is 29.1 Å². The number of amides is 2. The molecule has 0 radical (unpaired) electrons. The molecular formula is C29H34N6O3. The first kappa shape index (κ1) is 24.5. The zero-order chi connectivity index (χ0) is 26.7. The molecule has 1 aromatic carbocycles. The van der Waals surface area contributed by atoms with E-state index in [2.05, 4.69) is 10.4 Å². The van der Waals surface area contributed by atoms with Crippen LogP contribution in [0.25, 0.3) is 16.6 Å². The summed E-state index contributed by atoms with van der Waals surface area (Å²) in [6.07, 6.45) is 10.9. The maximum Gasteiger partial charge on any atom is 0.410 e. The largest absolute Gasteiger partial charge is 0.444 e. The Morgan fingerprint density at radius 3 is 2.66 bits per heavy atom. The van der Waals surface area contributed by atoms with Gasteiger partial charge in [0.1, 0.15) is 11.2 Å². The maximum atomic E-state index is 13.2. The van der Waals surface area contributed by atoms with Gasteiger partial charge < -0.3 is 14.5 Å². The summed E-state index contributed by atoms with van der Waals surface area (Å²) < 4.78 is 9.48. The average Bonchev–Trinajstić information content (AvgIpc) is 3.65. The van der Waals surface area contributed by atoms with Crippen LogP contribution in [0.2, 0.25) is 0 Å². The first-order valence-corrected chi connectivity index (χ1v) is 13.3. The van der Waals surface area contributed by atoms with Crippen LogP contribution in [0.1, 0.15) is 75.0 Å². The maximum absolute atomic E-state index is 13.2. The Morgan fingerprint density at radius 1 is 1.11 bits per heavy atom. The van der Waals surface area contributed by atoms with Gasteiger partial charge in [-0.2, -0.15) is 5.10 Å². The van der Waals surface area contributed by atoms with E-state index in [-0.39, 0.29) is 23.5 Å². The molecule has 1 spiro atoms. The van der Waals surface area contributed by atoms with Crippen LogP contribution in [0, 0.1) is 5.41 Å². The highest BCUT2D eigenvalue weighted by molar-refractivity contribution is 6.06. The Bertz CT molecular complexity index is 1540. The smallest absolute Gasteiger partial charge is 0.410 e. The van der Waals surface area contributed by atoms with Crippen molar-refractivity contribution in [2.24, 2.45) is 12.5 Å². The third-order valence-electron chi connectivity index (χ3n) is 7.88. The van der Waals surface area contributed by atoms with Gasteiger partial charge in [-0.25, -0.2) is 9.78 Å². The lowest BCUT2D eigenvalue weighted by Gasteiger charge is -2.28. The molecule has 9 heteroatoms. The highest BCUT2D eigenvalue weighted by Crippen LogP contribution is 2.52. The fourth-order valence-corrected chi connectivity index (χ4v) is 6.07. The summed E-state index contributed by atoms with van der Waals surface area (Å²) in [5.74, 6) is -0.189. The topological polar surface area (TPSA) is 93.8 Å². The third kappa shape index (κ3) is 4.50. The lowest BCUT2D eigenvalue weighted by molar-refractivity contribution is 0.0206. The highest BCUT2D eigenvalue weighted by Gasteiger charge is 2.49. The predicted octanol–water partition coefficient (Wildman–Crippen LogP) is 5.72. The van der Waals surface area contributed by atoms with Crippen molar-refractivity contribution in [1.82, 2.24) is 24.1 Å². The van der Waals surface area contributed by atoms with Crippen molar-refractivity contribution in [3.63, 3.8) is 0 Å². The number of benzene rings is 1. The number of pyridine rings is 1. The predicted molar refractivity (Wildman–Crippen MR) is 145 cm³/mol. The lowest BCUT2D eigenvalue weighted by Crippen LogP contribution is -2.37. The number of aryl methyl sites for hydroxylation is 1. The first-order valence-electron chi connectivity index (χ1n) is 13.3. The van der Waals surface area contributed by atoms with E-state index < -0.39 is 5.60 Å². The molecule has 2 amide bonds. The summed E-state index contributed by atoms with van der Waals surface area (Å²) in [5, 5.41) is 8.16. The molecule has 198 valence electrons. The number of fused-ring (bicyclic) bond motifs is 2. The molecule has 6 rings (SSSR count). The van der Waals surface area contributed by atoms with Crippen molar-refractivity contribution in [2.45, 2.75) is 64.5 Å². The molecule has 2 fully saturated rings. The number of rotatable bonds is 3. The number of imidazole rings is 1. The molecule has 0 unspecified atom stereocenters. The number of carbonyl (C=O) groups excluding carboxylic acids is 2. The molecule has 2 aliphatic rings. The van der Waals surface area contributed by atoms with E-state index in [9.17, 15) is 9.59 Å². The molecular weight excluding hydrogens is 480 g/mol. The van der Waals surface area contributed by atoms with Gasteiger partial charge in [0.2, 0.25) is 0 Å². The molecule has 4 aromatic rings. The summed E-state index contributed by atoms with van der Waals surface area (Å²) >= 11 is 0. The fraction of sp³-hybridized carbons (Fsp3) is 0.448. The Labute approximate surface area is 221 Å². The molecule has 1 atom stereocenters. The number of likely N-dealkylation sites (tertiary alicyclic amines) is 1. The van der Waals surface area contributed by atoms with Gasteiger partial charge >= 0.3 is 6.09 Å². The Balaban J connectivity index is 1.25. The van der Waals surface area contributed by atoms with E-state index >= 15 is 0 Å². The summed E-state index contributed by atoms with van der Waals surface area (Å²) in [6.45, 7) is 6.41. The van der Waals surface area contributed by atoms with Crippen molar-refractivity contribution in [3.8, 4) is 0 Å². The average molecular weight is 515 g/mol. The summed E-state index contributed by atoms with van der Waals surface area (Å²) in [4.78, 5) is 32.9. The van der Waals surface area contributed by atoms with Crippen LogP contribution < -0.4 is 5.32 Å². The van der Waals surface area contributed by atoms with Crippen LogP contribution in [0.3, 0.4) is 0 Å². The minimum atomic E-state index is -0.555. The number of aromatic nitrogens is 4. The summed E-state index contributed by atoms with van der Waals surface area (Å²) in [6, 6.07) is 9.16. The van der Waals surface area contributed by atoms with Crippen LogP contribution in [0.5, 0.6) is 0 Å². The van der Waals surface area contributed by atoms with Crippen LogP contribution in [-0.2, 0) is 11.8 Å². The molecule has 0 bridgehead atoms. The molecule has 1 saturated carbocycles. The zero-order valence-corrected chi connectivity index (χ0v) is 22.4. The van der Waals surface area contributed by atoms with Crippen molar-refractivity contribution in [3.05, 3.63) is 60.2 Å². The lowest BCUT2D eigenvalue weighted by atomic mass is 9.83. The van der Waals surface area contributed by atoms with Gasteiger partial charge in [-0.15, -0.1) is 0 Å². The molecule has 9 nitrogen and oxygen atoms in total. The van der Waals surface area contributed by atoms with Crippen molar-refractivity contribution >= 4 is 34.2 Å². The SMILES string of the molecule is Cn1ncc2cc(C(=O)Nc3ccc4nc([C@H]5CC6(CCCC6)CN5C(=O)OC(C)(C)C)cn4c3)ccc21. The monoisotopic (exact) mass is 514 g/mol. The standard InChI is InChI=1S/C29H34N6O3/c1-28(2,3)38-27(37)35-18-29(11-5-6-12-29)14-24(35)22-17-34-16-21(8-10-25(34)32-22)31-26(36)19-7-9-23-20(13-19)15-30-33(23)4/h7-10,13,15-17,24H,5-6,11-12,14,18H2,1-4H3,(H,31,36)/t24-/m1/s1. The summed E-state index contributed by atoms with van der Waals surface area (Å²) in [7, 11) is 1.88. The van der Waals surface area contributed by atoms with Crippen LogP contribution in [-0.4, -0.2) is 48.2 Å². The van der Waals surface area contributed by atoms with Crippen LogP contribution >= 0.6 is 0 Å². The molecule has 1 aliphatic carbocycles. The molecule has 1 saturated heterocycles. The second kappa shape index (κ2) is 8.85. The van der Waals surface area contributed by atoms with E-state index in [0.29, 0.717) is 17.8 Å². The van der Waals surface area contributed by atoms with Gasteiger partial charge in [-0.3, -0.25) is 14.4 Å². The van der Waals surface area contributed by atoms with Gasteiger partial charge in [-0.1, -0.05) is 12.8 Å². The van der Waals surface area contributed by atoms with Gasteiger partial charge in [0.25, 0.3) is 5.91 Å². The van der Waals surface area contributed by atoms with E-state index in [1.54, 1.807) is 16.9 Å². The van der Waals surface area contributed by atoms with E-state index in [1.165, 1.54) is 12.8 Å². The van der Waals surface area contributed by atoms with Crippen molar-refractivity contribution < 1.29 is 14.3 Å². The van der Waals surface area contributed by atoms with Gasteiger partial charge in [-0.05, 0) is 75.8 Å². The fourth-order valence-electron chi connectivity index (χ4n) is 6.07. The second-order valence-electron chi connectivity index (χ2n) is 11.9. The number of carbonyl (C=O) groups is 2. The number of hydrogen-bond acceptors (Lipinski definition) is 5. The Hall–Kier alpha value is -3.88. The number of nitrogens with zero attached hydrogens (tertiary/aromatic N) is 5. The van der Waals surface area contributed by atoms with Gasteiger partial charge in [0.15, 0.2) is 0 Å². The molecule has 4 heterocycles. The summed E-state index contributed by atoms with van der Waals surface area (Å²) in [5.41, 5.74) is 3.42. The number of anilines is 1. The van der Waals surface area contributed by atoms with Crippen LogP contribution in [0.4, 0.5) is 10.5 Å². The number of ether oxygens (including phenoxy) is 1. The molecule has 1 aliphatic heterocycles. The molecule has 38 heavy (non-hydrogen) atoms. The van der Waals surface area contributed by atoms with Crippen molar-refractivity contribution in [2.75, 3.05) is 11.9 Å². The van der Waals surface area contributed by atoms with Gasteiger partial charge in [0, 0.05) is 36.9 Å². The minimum Gasteiger partial charge on any atom is -0.444 e. The van der Waals surface area contributed by atoms with Crippen molar-refractivity contribution in [1.29, 1.82) is 0 Å².